The van der Waals surface area contributed by atoms with Gasteiger partial charge in [0.05, 0.1) is 23.9 Å². The number of carbonyl (C=O) groups is 2. The van der Waals surface area contributed by atoms with Crippen LogP contribution in [0.5, 0.6) is 0 Å². The Morgan fingerprint density at radius 1 is 1.04 bits per heavy atom. The van der Waals surface area contributed by atoms with Crippen LogP contribution in [0.1, 0.15) is 34.1 Å². The van der Waals surface area contributed by atoms with E-state index in [-0.39, 0.29) is 5.91 Å². The van der Waals surface area contributed by atoms with Crippen molar-refractivity contribution in [3.8, 4) is 0 Å². The van der Waals surface area contributed by atoms with E-state index in [1.807, 2.05) is 18.2 Å². The standard InChI is InChI=1S/C18H19NO3S/c1-3-12-23-16-11-7-5-9-14(16)17(20)19-15-10-6-4-8-13(15)18(21)22-2/h4-11H,3,12H2,1-2H3,(H,19,20). The van der Waals surface area contributed by atoms with Gasteiger partial charge in [0.15, 0.2) is 0 Å². The third-order valence-electron chi connectivity index (χ3n) is 3.17. The summed E-state index contributed by atoms with van der Waals surface area (Å²) < 4.78 is 4.75. The summed E-state index contributed by atoms with van der Waals surface area (Å²) >= 11 is 1.65. The number of nitrogens with one attached hydrogen (secondary N) is 1. The van der Waals surface area contributed by atoms with Gasteiger partial charge in [-0.2, -0.15) is 0 Å². The molecule has 0 spiro atoms. The summed E-state index contributed by atoms with van der Waals surface area (Å²) in [6, 6.07) is 14.3. The number of hydrogen-bond donors (Lipinski definition) is 1. The Bertz CT molecular complexity index is 700. The van der Waals surface area contributed by atoms with Crippen LogP contribution in [0, 0.1) is 0 Å². The Balaban J connectivity index is 2.25. The zero-order valence-electron chi connectivity index (χ0n) is 13.2. The van der Waals surface area contributed by atoms with E-state index in [1.54, 1.807) is 42.1 Å². The van der Waals surface area contributed by atoms with Gasteiger partial charge in [-0.3, -0.25) is 4.79 Å². The second kappa shape index (κ2) is 8.39. The van der Waals surface area contributed by atoms with Gasteiger partial charge in [-0.15, -0.1) is 11.8 Å². The van der Waals surface area contributed by atoms with Crippen LogP contribution in [0.3, 0.4) is 0 Å². The number of thioether (sulfide) groups is 1. The molecule has 0 atom stereocenters. The molecular weight excluding hydrogens is 310 g/mol. The molecule has 2 aromatic rings. The van der Waals surface area contributed by atoms with Crippen LogP contribution in [0.15, 0.2) is 53.4 Å². The molecule has 0 aliphatic rings. The first kappa shape index (κ1) is 17.1. The lowest BCUT2D eigenvalue weighted by Gasteiger charge is -2.12. The minimum Gasteiger partial charge on any atom is -0.465 e. The summed E-state index contributed by atoms with van der Waals surface area (Å²) in [5.41, 5.74) is 1.38. The van der Waals surface area contributed by atoms with Crippen LogP contribution in [0.2, 0.25) is 0 Å². The average molecular weight is 329 g/mol. The zero-order chi connectivity index (χ0) is 16.7. The molecule has 0 fully saturated rings. The molecule has 2 aromatic carbocycles. The number of amides is 1. The number of para-hydroxylation sites is 1. The van der Waals surface area contributed by atoms with E-state index in [1.165, 1.54) is 7.11 Å². The van der Waals surface area contributed by atoms with Crippen LogP contribution in [-0.4, -0.2) is 24.7 Å². The molecule has 1 amide bonds. The molecule has 5 heteroatoms. The minimum absolute atomic E-state index is 0.236. The minimum atomic E-state index is -0.477. The number of ether oxygens (including phenoxy) is 1. The van der Waals surface area contributed by atoms with Crippen LogP contribution in [-0.2, 0) is 4.74 Å². The first-order valence-corrected chi connectivity index (χ1v) is 8.36. The largest absolute Gasteiger partial charge is 0.465 e. The van der Waals surface area contributed by atoms with E-state index in [4.69, 9.17) is 4.74 Å². The molecule has 0 bridgehead atoms. The molecule has 2 rings (SSSR count). The first-order valence-electron chi connectivity index (χ1n) is 7.38. The molecule has 0 aromatic heterocycles. The average Bonchev–Trinajstić information content (AvgIpc) is 2.60. The van der Waals surface area contributed by atoms with Gasteiger partial charge in [0, 0.05) is 4.90 Å². The van der Waals surface area contributed by atoms with Crippen molar-refractivity contribution in [2.45, 2.75) is 18.2 Å². The second-order valence-corrected chi connectivity index (χ2v) is 5.97. The number of anilines is 1. The lowest BCUT2D eigenvalue weighted by atomic mass is 10.1. The van der Waals surface area contributed by atoms with Gasteiger partial charge in [-0.1, -0.05) is 31.2 Å². The molecule has 120 valence electrons. The molecular formula is C18H19NO3S. The third kappa shape index (κ3) is 4.36. The highest BCUT2D eigenvalue weighted by Crippen LogP contribution is 2.25. The highest BCUT2D eigenvalue weighted by atomic mass is 32.2. The van der Waals surface area contributed by atoms with Gasteiger partial charge in [0.1, 0.15) is 0 Å². The van der Waals surface area contributed by atoms with Crippen LogP contribution in [0.25, 0.3) is 0 Å². The summed E-state index contributed by atoms with van der Waals surface area (Å²) in [7, 11) is 1.32. The van der Waals surface area contributed by atoms with Gasteiger partial charge in [0.2, 0.25) is 0 Å². The van der Waals surface area contributed by atoms with Crippen molar-refractivity contribution in [3.63, 3.8) is 0 Å². The van der Waals surface area contributed by atoms with E-state index in [2.05, 4.69) is 12.2 Å². The van der Waals surface area contributed by atoms with Crippen molar-refractivity contribution in [1.82, 2.24) is 0 Å². The quantitative estimate of drug-likeness (QED) is 0.636. The summed E-state index contributed by atoms with van der Waals surface area (Å²) in [6.45, 7) is 2.10. The third-order valence-corrected chi connectivity index (χ3v) is 4.45. The maximum Gasteiger partial charge on any atom is 0.339 e. The van der Waals surface area contributed by atoms with Crippen molar-refractivity contribution in [2.75, 3.05) is 18.2 Å². The number of carbonyl (C=O) groups excluding carboxylic acids is 2. The zero-order valence-corrected chi connectivity index (χ0v) is 14.0. The van der Waals surface area contributed by atoms with Gasteiger partial charge in [-0.25, -0.2) is 4.79 Å². The molecule has 0 radical (unpaired) electrons. The monoisotopic (exact) mass is 329 g/mol. The second-order valence-electron chi connectivity index (χ2n) is 4.84. The van der Waals surface area contributed by atoms with E-state index >= 15 is 0 Å². The van der Waals surface area contributed by atoms with Gasteiger partial charge in [0.25, 0.3) is 5.91 Å². The Kier molecular flexibility index (Phi) is 6.23. The molecule has 0 unspecified atom stereocenters. The Morgan fingerprint density at radius 2 is 1.70 bits per heavy atom. The van der Waals surface area contributed by atoms with Gasteiger partial charge >= 0.3 is 5.97 Å². The lowest BCUT2D eigenvalue weighted by Crippen LogP contribution is -2.16. The summed E-state index contributed by atoms with van der Waals surface area (Å²) in [6.07, 6.45) is 1.03. The van der Waals surface area contributed by atoms with Crippen molar-refractivity contribution >= 4 is 29.3 Å². The van der Waals surface area contributed by atoms with Crippen molar-refractivity contribution < 1.29 is 14.3 Å². The fraction of sp³-hybridized carbons (Fsp3) is 0.222. The molecule has 0 saturated carbocycles. The van der Waals surface area contributed by atoms with E-state index in [9.17, 15) is 9.59 Å². The SMILES string of the molecule is CCCSc1ccccc1C(=O)Nc1ccccc1C(=O)OC. The number of esters is 1. The van der Waals surface area contributed by atoms with Crippen molar-refractivity contribution in [2.24, 2.45) is 0 Å². The van der Waals surface area contributed by atoms with Crippen molar-refractivity contribution in [3.05, 3.63) is 59.7 Å². The van der Waals surface area contributed by atoms with Gasteiger partial charge < -0.3 is 10.1 Å². The summed E-state index contributed by atoms with van der Waals surface area (Å²) in [5.74, 6) is 0.235. The maximum absolute atomic E-state index is 12.6. The predicted molar refractivity (Wildman–Crippen MR) is 93.2 cm³/mol. The molecule has 0 heterocycles. The summed E-state index contributed by atoms with van der Waals surface area (Å²) in [5, 5.41) is 2.81. The topological polar surface area (TPSA) is 55.4 Å². The number of hydrogen-bond acceptors (Lipinski definition) is 4. The normalized spacial score (nSPS) is 10.2. The van der Waals surface area contributed by atoms with Crippen LogP contribution in [0.4, 0.5) is 5.69 Å². The van der Waals surface area contributed by atoms with Crippen LogP contribution < -0.4 is 5.32 Å². The van der Waals surface area contributed by atoms with E-state index < -0.39 is 5.97 Å². The Hall–Kier alpha value is -2.27. The fourth-order valence-corrected chi connectivity index (χ4v) is 2.98. The number of benzene rings is 2. The Morgan fingerprint density at radius 3 is 2.39 bits per heavy atom. The number of methoxy groups -OCH3 is 1. The van der Waals surface area contributed by atoms with Crippen LogP contribution >= 0.6 is 11.8 Å². The molecule has 0 saturated heterocycles. The molecule has 0 aliphatic heterocycles. The van der Waals surface area contributed by atoms with E-state index in [0.29, 0.717) is 16.8 Å². The maximum atomic E-state index is 12.6. The highest BCUT2D eigenvalue weighted by molar-refractivity contribution is 7.99. The smallest absolute Gasteiger partial charge is 0.339 e. The lowest BCUT2D eigenvalue weighted by molar-refractivity contribution is 0.0602. The molecule has 0 aliphatic carbocycles. The van der Waals surface area contributed by atoms with E-state index in [0.717, 1.165) is 17.1 Å². The highest BCUT2D eigenvalue weighted by Gasteiger charge is 2.16. The number of rotatable bonds is 6. The molecule has 1 N–H and O–H groups in total. The Labute approximate surface area is 140 Å². The predicted octanol–water partition coefficient (Wildman–Crippen LogP) is 4.23. The molecule has 4 nitrogen and oxygen atoms in total. The fourth-order valence-electron chi connectivity index (χ4n) is 2.06. The summed E-state index contributed by atoms with van der Waals surface area (Å²) in [4.78, 5) is 25.3. The molecule has 23 heavy (non-hydrogen) atoms. The first-order chi connectivity index (χ1) is 11.2. The van der Waals surface area contributed by atoms with Gasteiger partial charge in [-0.05, 0) is 36.4 Å². The van der Waals surface area contributed by atoms with Crippen molar-refractivity contribution in [1.29, 1.82) is 0 Å².